The van der Waals surface area contributed by atoms with Gasteiger partial charge < -0.3 is 18.9 Å². The summed E-state index contributed by atoms with van der Waals surface area (Å²) in [7, 11) is 6.39. The van der Waals surface area contributed by atoms with Gasteiger partial charge in [-0.25, -0.2) is 10.9 Å². The molecular weight excluding hydrogens is 440 g/mol. The third-order valence-electron chi connectivity index (χ3n) is 5.24. The maximum absolute atomic E-state index is 11.0. The van der Waals surface area contributed by atoms with E-state index >= 15 is 0 Å². The van der Waals surface area contributed by atoms with Crippen LogP contribution in [0.1, 0.15) is 36.8 Å². The number of hydrogen-bond donors (Lipinski definition) is 2. The molecule has 0 saturated carbocycles. The van der Waals surface area contributed by atoms with Gasteiger partial charge in [0.2, 0.25) is 11.8 Å². The van der Waals surface area contributed by atoms with Gasteiger partial charge in [0.1, 0.15) is 11.5 Å². The highest BCUT2D eigenvalue weighted by Crippen LogP contribution is 2.29. The predicted octanol–water partition coefficient (Wildman–Crippen LogP) is 2.64. The number of nitrogens with zero attached hydrogens (tertiary/aromatic N) is 2. The minimum atomic E-state index is -0.0596. The van der Waals surface area contributed by atoms with Gasteiger partial charge in [0.15, 0.2) is 11.5 Å². The van der Waals surface area contributed by atoms with E-state index < -0.39 is 0 Å². The van der Waals surface area contributed by atoms with E-state index in [9.17, 15) is 9.59 Å². The Balaban J connectivity index is 0.000000191. The fourth-order valence-electron chi connectivity index (χ4n) is 3.41. The van der Waals surface area contributed by atoms with Crippen molar-refractivity contribution in [2.75, 3.05) is 28.4 Å². The molecule has 0 aromatic heterocycles. The first-order chi connectivity index (χ1) is 16.5. The smallest absolute Gasteiger partial charge is 0.240 e. The van der Waals surface area contributed by atoms with Gasteiger partial charge in [0.05, 0.1) is 39.9 Å². The van der Waals surface area contributed by atoms with E-state index in [2.05, 4.69) is 21.1 Å². The number of rotatable bonds is 6. The third-order valence-corrected chi connectivity index (χ3v) is 5.24. The Morgan fingerprint density at radius 2 is 1.24 bits per heavy atom. The summed E-state index contributed by atoms with van der Waals surface area (Å²) in [6.45, 7) is 0. The van der Waals surface area contributed by atoms with Gasteiger partial charge in [-0.05, 0) is 36.4 Å². The molecule has 2 aliphatic heterocycles. The van der Waals surface area contributed by atoms with Gasteiger partial charge in [0.25, 0.3) is 0 Å². The number of carbonyl (C=O) groups is 2. The lowest BCUT2D eigenvalue weighted by molar-refractivity contribution is -0.122. The van der Waals surface area contributed by atoms with Crippen LogP contribution in [0, 0.1) is 0 Å². The highest BCUT2D eigenvalue weighted by molar-refractivity contribution is 6.06. The Kier molecular flexibility index (Phi) is 8.44. The molecule has 0 radical (unpaired) electrons. The highest BCUT2D eigenvalue weighted by Gasteiger charge is 2.17. The van der Waals surface area contributed by atoms with Crippen molar-refractivity contribution >= 4 is 23.2 Å². The van der Waals surface area contributed by atoms with Crippen molar-refractivity contribution in [3.8, 4) is 23.0 Å². The second-order valence-corrected chi connectivity index (χ2v) is 7.32. The Bertz CT molecular complexity index is 1110. The van der Waals surface area contributed by atoms with Crippen molar-refractivity contribution < 1.29 is 28.5 Å². The lowest BCUT2D eigenvalue weighted by Crippen LogP contribution is -2.26. The van der Waals surface area contributed by atoms with Crippen molar-refractivity contribution in [2.45, 2.75) is 25.7 Å². The summed E-state index contributed by atoms with van der Waals surface area (Å²) in [6.07, 6.45) is 2.16. The fourth-order valence-corrected chi connectivity index (χ4v) is 3.41. The molecule has 10 nitrogen and oxygen atoms in total. The quantitative estimate of drug-likeness (QED) is 0.673. The average Bonchev–Trinajstić information content (AvgIpc) is 2.89. The van der Waals surface area contributed by atoms with E-state index in [4.69, 9.17) is 18.9 Å². The number of methoxy groups -OCH3 is 4. The molecule has 0 aliphatic carbocycles. The number of hydrazone groups is 2. The van der Waals surface area contributed by atoms with Gasteiger partial charge in [-0.1, -0.05) is 0 Å². The van der Waals surface area contributed by atoms with E-state index in [1.165, 1.54) is 0 Å². The Labute approximate surface area is 197 Å². The molecule has 0 atom stereocenters. The van der Waals surface area contributed by atoms with Crippen molar-refractivity contribution in [2.24, 2.45) is 10.2 Å². The number of nitrogens with one attached hydrogen (secondary N) is 2. The number of carbonyl (C=O) groups excluding carboxylic acids is 2. The van der Waals surface area contributed by atoms with Crippen LogP contribution in [0.5, 0.6) is 23.0 Å². The van der Waals surface area contributed by atoms with Crippen molar-refractivity contribution in [3.05, 3.63) is 47.5 Å². The summed E-state index contributed by atoms with van der Waals surface area (Å²) in [5.74, 6) is 2.69. The molecule has 10 heteroatoms. The number of benzene rings is 2. The van der Waals surface area contributed by atoms with Crippen LogP contribution in [-0.4, -0.2) is 51.7 Å². The summed E-state index contributed by atoms with van der Waals surface area (Å²) in [5.41, 5.74) is 8.39. The molecule has 4 rings (SSSR count). The van der Waals surface area contributed by atoms with E-state index in [1.807, 2.05) is 36.4 Å². The van der Waals surface area contributed by atoms with Crippen molar-refractivity contribution in [1.82, 2.24) is 10.9 Å². The molecule has 0 fully saturated rings. The molecular formula is C24H28N4O6. The van der Waals surface area contributed by atoms with Crippen molar-refractivity contribution in [3.63, 3.8) is 0 Å². The summed E-state index contributed by atoms with van der Waals surface area (Å²) in [4.78, 5) is 22.0. The number of hydrogen-bond acceptors (Lipinski definition) is 8. The second-order valence-electron chi connectivity index (χ2n) is 7.32. The molecule has 0 spiro atoms. The van der Waals surface area contributed by atoms with E-state index in [0.717, 1.165) is 34.0 Å². The van der Waals surface area contributed by atoms with Crippen LogP contribution in [0.3, 0.4) is 0 Å². The van der Waals surface area contributed by atoms with Gasteiger partial charge in [-0.2, -0.15) is 10.2 Å². The monoisotopic (exact) mass is 468 g/mol. The number of ether oxygens (including phenoxy) is 4. The van der Waals surface area contributed by atoms with Crippen LogP contribution >= 0.6 is 0 Å². The Morgan fingerprint density at radius 3 is 1.76 bits per heavy atom. The minimum absolute atomic E-state index is 0.0470. The van der Waals surface area contributed by atoms with Crippen LogP contribution in [0.25, 0.3) is 0 Å². The second kappa shape index (κ2) is 11.7. The lowest BCUT2D eigenvalue weighted by atomic mass is 10.0. The molecule has 0 saturated heterocycles. The molecule has 34 heavy (non-hydrogen) atoms. The normalized spacial score (nSPS) is 14.9. The SMILES string of the molecule is COc1ccc(C2=NNC(=O)CC2)cc1OC.COc1ccc(OC)c(C2=NNC(=O)CC2)c1. The van der Waals surface area contributed by atoms with Crippen molar-refractivity contribution in [1.29, 1.82) is 0 Å². The molecule has 2 N–H and O–H groups in total. The largest absolute Gasteiger partial charge is 0.497 e. The van der Waals surface area contributed by atoms with E-state index in [-0.39, 0.29) is 11.8 Å². The highest BCUT2D eigenvalue weighted by atomic mass is 16.5. The molecule has 0 bridgehead atoms. The zero-order chi connectivity index (χ0) is 24.5. The summed E-state index contributed by atoms with van der Waals surface area (Å²) in [6, 6.07) is 11.1. The van der Waals surface area contributed by atoms with Crippen LogP contribution in [0.4, 0.5) is 0 Å². The molecule has 180 valence electrons. The standard InChI is InChI=1S/2C12H14N2O3/c1-16-8-3-5-11(17-2)9(7-8)10-4-6-12(15)14-13-10;1-16-10-5-3-8(7-11(10)17-2)9-4-6-12(15)14-13-9/h2*3,5,7H,4,6H2,1-2H3,(H,14,15). The van der Waals surface area contributed by atoms with Crippen LogP contribution in [-0.2, 0) is 9.59 Å². The van der Waals surface area contributed by atoms with E-state index in [0.29, 0.717) is 37.2 Å². The first kappa shape index (κ1) is 24.6. The van der Waals surface area contributed by atoms with Crippen LogP contribution < -0.4 is 29.8 Å². The third kappa shape index (κ3) is 6.03. The van der Waals surface area contributed by atoms with Gasteiger partial charge in [0, 0.05) is 36.8 Å². The molecule has 2 aromatic rings. The fraction of sp³-hybridized carbons (Fsp3) is 0.333. The maximum atomic E-state index is 11.0. The summed E-state index contributed by atoms with van der Waals surface area (Å²) >= 11 is 0. The molecule has 2 heterocycles. The van der Waals surface area contributed by atoms with E-state index in [1.54, 1.807) is 28.4 Å². The Hall–Kier alpha value is -4.08. The van der Waals surface area contributed by atoms with Crippen LogP contribution in [0.2, 0.25) is 0 Å². The first-order valence-electron chi connectivity index (χ1n) is 10.6. The topological polar surface area (TPSA) is 120 Å². The van der Waals surface area contributed by atoms with Gasteiger partial charge >= 0.3 is 0 Å². The van der Waals surface area contributed by atoms with Gasteiger partial charge in [-0.15, -0.1) is 0 Å². The first-order valence-corrected chi connectivity index (χ1v) is 10.6. The summed E-state index contributed by atoms with van der Waals surface area (Å²) in [5, 5.41) is 8.08. The van der Waals surface area contributed by atoms with Gasteiger partial charge in [-0.3, -0.25) is 9.59 Å². The predicted molar refractivity (Wildman–Crippen MR) is 127 cm³/mol. The van der Waals surface area contributed by atoms with Crippen LogP contribution in [0.15, 0.2) is 46.6 Å². The average molecular weight is 469 g/mol. The maximum Gasteiger partial charge on any atom is 0.240 e. The number of amides is 2. The molecule has 0 unspecified atom stereocenters. The minimum Gasteiger partial charge on any atom is -0.497 e. The molecule has 2 aliphatic rings. The summed E-state index contributed by atoms with van der Waals surface area (Å²) < 4.78 is 20.8. The lowest BCUT2D eigenvalue weighted by Gasteiger charge is -2.15. The molecule has 2 aromatic carbocycles. The Morgan fingerprint density at radius 1 is 0.647 bits per heavy atom. The zero-order valence-corrected chi connectivity index (χ0v) is 19.6. The molecule has 2 amide bonds. The zero-order valence-electron chi connectivity index (χ0n) is 19.6.